The van der Waals surface area contributed by atoms with E-state index in [4.69, 9.17) is 21.6 Å². The molecule has 5 nitrogen and oxygen atoms in total. The van der Waals surface area contributed by atoms with Gasteiger partial charge in [0.1, 0.15) is 0 Å². The molecule has 0 bridgehead atoms. The number of carbonyl (C=O) groups excluding carboxylic acids is 1. The van der Waals surface area contributed by atoms with Gasteiger partial charge in [0, 0.05) is 18.4 Å². The van der Waals surface area contributed by atoms with Crippen molar-refractivity contribution in [2.75, 3.05) is 18.1 Å². The summed E-state index contributed by atoms with van der Waals surface area (Å²) in [5.41, 5.74) is 2.86. The molecule has 0 atom stereocenters. The van der Waals surface area contributed by atoms with Crippen molar-refractivity contribution in [3.63, 3.8) is 0 Å². The summed E-state index contributed by atoms with van der Waals surface area (Å²) in [5.74, 6) is 0.114. The molecule has 0 unspecified atom stereocenters. The molecule has 0 fully saturated rings. The number of benzene rings is 1. The van der Waals surface area contributed by atoms with Crippen molar-refractivity contribution in [2.45, 2.75) is 20.3 Å². The van der Waals surface area contributed by atoms with E-state index in [9.17, 15) is 4.79 Å². The predicted molar refractivity (Wildman–Crippen MR) is 93.2 cm³/mol. The normalized spacial score (nSPS) is 10.1. The molecule has 1 aromatic carbocycles. The molecule has 1 amide bonds. The average molecular weight is 344 g/mol. The summed E-state index contributed by atoms with van der Waals surface area (Å²) in [5, 5.41) is 9.06. The minimum absolute atomic E-state index is 0.177. The number of carbonyl (C=O) groups is 1. The maximum absolute atomic E-state index is 12.6. The molecular formula is C18H18ClN3O2. The van der Waals surface area contributed by atoms with Crippen molar-refractivity contribution in [2.24, 2.45) is 0 Å². The molecule has 0 aliphatic heterocycles. The Hall–Kier alpha value is -2.58. The zero-order valence-corrected chi connectivity index (χ0v) is 14.4. The van der Waals surface area contributed by atoms with Crippen molar-refractivity contribution in [1.82, 2.24) is 4.98 Å². The molecule has 1 aromatic heterocycles. The monoisotopic (exact) mass is 343 g/mol. The molecule has 2 aromatic rings. The average Bonchev–Trinajstić information content (AvgIpc) is 2.53. The first kappa shape index (κ1) is 17.8. The quantitative estimate of drug-likeness (QED) is 0.750. The molecule has 6 heteroatoms. The molecule has 0 radical (unpaired) electrons. The lowest BCUT2D eigenvalue weighted by molar-refractivity contribution is -0.120. The number of hydrogen-bond acceptors (Lipinski definition) is 4. The second-order valence-electron chi connectivity index (χ2n) is 5.38. The van der Waals surface area contributed by atoms with Gasteiger partial charge < -0.3 is 9.64 Å². The van der Waals surface area contributed by atoms with Crippen LogP contribution in [0.5, 0.6) is 5.75 Å². The Labute approximate surface area is 146 Å². The minimum atomic E-state index is -0.241. The van der Waals surface area contributed by atoms with Gasteiger partial charge in [0.2, 0.25) is 0 Å². The van der Waals surface area contributed by atoms with Crippen molar-refractivity contribution < 1.29 is 9.53 Å². The van der Waals surface area contributed by atoms with Gasteiger partial charge in [-0.05, 0) is 49.2 Å². The Balaban J connectivity index is 2.16. The van der Waals surface area contributed by atoms with E-state index >= 15 is 0 Å². The molecule has 0 N–H and O–H groups in total. The number of aromatic nitrogens is 1. The molecule has 0 aliphatic carbocycles. The Morgan fingerprint density at radius 3 is 2.67 bits per heavy atom. The highest BCUT2D eigenvalue weighted by atomic mass is 35.5. The molecule has 0 saturated heterocycles. The summed E-state index contributed by atoms with van der Waals surface area (Å²) in [4.78, 5) is 18.1. The van der Waals surface area contributed by atoms with Crippen LogP contribution in [0.3, 0.4) is 0 Å². The maximum atomic E-state index is 12.6. The molecular weight excluding hydrogens is 326 g/mol. The Kier molecular flexibility index (Phi) is 6.16. The third kappa shape index (κ3) is 4.71. The lowest BCUT2D eigenvalue weighted by Crippen LogP contribution is -2.35. The van der Waals surface area contributed by atoms with E-state index in [1.807, 2.05) is 32.0 Å². The summed E-state index contributed by atoms with van der Waals surface area (Å²) in [6.45, 7) is 4.07. The maximum Gasteiger partial charge on any atom is 0.264 e. The van der Waals surface area contributed by atoms with Crippen LogP contribution in [0.4, 0.5) is 5.69 Å². The van der Waals surface area contributed by atoms with Gasteiger partial charge in [-0.2, -0.15) is 5.26 Å². The molecule has 1 heterocycles. The summed E-state index contributed by atoms with van der Waals surface area (Å²) in [6.07, 6.45) is 1.79. The smallest absolute Gasteiger partial charge is 0.264 e. The number of nitrogens with zero attached hydrogens (tertiary/aromatic N) is 3. The van der Waals surface area contributed by atoms with Gasteiger partial charge >= 0.3 is 0 Å². The van der Waals surface area contributed by atoms with Gasteiger partial charge in [-0.15, -0.1) is 0 Å². The van der Waals surface area contributed by atoms with Crippen LogP contribution in [-0.2, 0) is 4.79 Å². The predicted octanol–water partition coefficient (Wildman–Crippen LogP) is 3.68. The largest absolute Gasteiger partial charge is 0.481 e. The topological polar surface area (TPSA) is 66.2 Å². The van der Waals surface area contributed by atoms with Crippen molar-refractivity contribution in [3.05, 3.63) is 52.8 Å². The Bertz CT molecular complexity index is 751. The van der Waals surface area contributed by atoms with E-state index in [1.165, 1.54) is 0 Å². The van der Waals surface area contributed by atoms with Gasteiger partial charge in [-0.25, -0.2) is 4.98 Å². The van der Waals surface area contributed by atoms with E-state index in [-0.39, 0.29) is 24.1 Å². The van der Waals surface area contributed by atoms with Crippen LogP contribution >= 0.6 is 11.6 Å². The van der Waals surface area contributed by atoms with Gasteiger partial charge in [-0.1, -0.05) is 17.7 Å². The highest BCUT2D eigenvalue weighted by Gasteiger charge is 2.17. The van der Waals surface area contributed by atoms with Crippen LogP contribution in [0.1, 0.15) is 17.5 Å². The van der Waals surface area contributed by atoms with Crippen molar-refractivity contribution in [1.29, 1.82) is 5.26 Å². The number of nitriles is 1. The van der Waals surface area contributed by atoms with Crippen LogP contribution in [0.25, 0.3) is 0 Å². The fourth-order valence-electron chi connectivity index (χ4n) is 2.36. The summed E-state index contributed by atoms with van der Waals surface area (Å²) < 4.78 is 5.47. The molecule has 2 rings (SSSR count). The summed E-state index contributed by atoms with van der Waals surface area (Å²) in [6, 6.07) is 11.3. The zero-order valence-electron chi connectivity index (χ0n) is 13.6. The Morgan fingerprint density at radius 2 is 2.04 bits per heavy atom. The van der Waals surface area contributed by atoms with Crippen LogP contribution < -0.4 is 9.64 Å². The first-order valence-electron chi connectivity index (χ1n) is 7.50. The van der Waals surface area contributed by atoms with Crippen LogP contribution in [0, 0.1) is 25.2 Å². The number of amides is 1. The molecule has 124 valence electrons. The molecule has 0 spiro atoms. The van der Waals surface area contributed by atoms with Gasteiger partial charge in [-0.3, -0.25) is 4.79 Å². The SMILES string of the molecule is Cc1cc(C)cc(N(CCC#N)C(=O)COc2cccnc2Cl)c1. The second kappa shape index (κ2) is 8.32. The number of pyridine rings is 1. The lowest BCUT2D eigenvalue weighted by Gasteiger charge is -2.23. The highest BCUT2D eigenvalue weighted by Crippen LogP contribution is 2.22. The second-order valence-corrected chi connectivity index (χ2v) is 5.74. The fraction of sp³-hybridized carbons (Fsp3) is 0.278. The standard InChI is InChI=1S/C18H18ClN3O2/c1-13-9-14(2)11-15(10-13)22(8-4-6-20)17(23)12-24-16-5-3-7-21-18(16)19/h3,5,7,9-11H,4,8,12H2,1-2H3. The molecule has 0 aliphatic rings. The van der Waals surface area contributed by atoms with E-state index in [0.29, 0.717) is 12.3 Å². The zero-order chi connectivity index (χ0) is 17.5. The van der Waals surface area contributed by atoms with E-state index in [0.717, 1.165) is 16.8 Å². The number of rotatable bonds is 6. The first-order valence-corrected chi connectivity index (χ1v) is 7.88. The van der Waals surface area contributed by atoms with Crippen molar-refractivity contribution >= 4 is 23.2 Å². The first-order chi connectivity index (χ1) is 11.5. The number of halogens is 1. The van der Waals surface area contributed by atoms with E-state index < -0.39 is 0 Å². The Morgan fingerprint density at radius 1 is 1.33 bits per heavy atom. The van der Waals surface area contributed by atoms with Crippen LogP contribution in [-0.4, -0.2) is 24.0 Å². The number of anilines is 1. The van der Waals surface area contributed by atoms with E-state index in [1.54, 1.807) is 23.2 Å². The number of ether oxygens (including phenoxy) is 1. The fourth-order valence-corrected chi connectivity index (χ4v) is 2.54. The van der Waals surface area contributed by atoms with Crippen LogP contribution in [0.15, 0.2) is 36.5 Å². The van der Waals surface area contributed by atoms with Crippen molar-refractivity contribution in [3.8, 4) is 11.8 Å². The van der Waals surface area contributed by atoms with Gasteiger partial charge in [0.05, 0.1) is 12.5 Å². The highest BCUT2D eigenvalue weighted by molar-refractivity contribution is 6.30. The lowest BCUT2D eigenvalue weighted by atomic mass is 10.1. The van der Waals surface area contributed by atoms with Crippen LogP contribution in [0.2, 0.25) is 5.15 Å². The number of aryl methyl sites for hydroxylation is 2. The minimum Gasteiger partial charge on any atom is -0.481 e. The molecule has 24 heavy (non-hydrogen) atoms. The van der Waals surface area contributed by atoms with E-state index in [2.05, 4.69) is 11.1 Å². The summed E-state index contributed by atoms with van der Waals surface area (Å²) >= 11 is 5.93. The third-order valence-electron chi connectivity index (χ3n) is 3.34. The van der Waals surface area contributed by atoms with Gasteiger partial charge in [0.25, 0.3) is 5.91 Å². The molecule has 0 saturated carbocycles. The number of hydrogen-bond donors (Lipinski definition) is 0. The van der Waals surface area contributed by atoms with Gasteiger partial charge in [0.15, 0.2) is 17.5 Å². The summed E-state index contributed by atoms with van der Waals surface area (Å²) in [7, 11) is 0. The third-order valence-corrected chi connectivity index (χ3v) is 3.63.